The molecule has 1 aliphatic heterocycles. The number of nitrogens with zero attached hydrogens (tertiary/aromatic N) is 4. The number of halogens is 3. The fraction of sp³-hybridized carbons (Fsp3) is 0.350. The highest BCUT2D eigenvalue weighted by molar-refractivity contribution is 7.12. The molecule has 3 aromatic rings. The van der Waals surface area contributed by atoms with Crippen LogP contribution in [0.1, 0.15) is 26.0 Å². The van der Waals surface area contributed by atoms with Gasteiger partial charge in [0.2, 0.25) is 5.95 Å². The first kappa shape index (κ1) is 21.7. The van der Waals surface area contributed by atoms with E-state index >= 15 is 0 Å². The number of aliphatic hydroxyl groups is 1. The van der Waals surface area contributed by atoms with E-state index < -0.39 is 22.8 Å². The molecule has 0 radical (unpaired) electrons. The summed E-state index contributed by atoms with van der Waals surface area (Å²) in [6.45, 7) is 4.25. The quantitative estimate of drug-likeness (QED) is 0.632. The third-order valence-corrected chi connectivity index (χ3v) is 7.13. The lowest BCUT2D eigenvalue weighted by atomic mass is 10.0. The minimum Gasteiger partial charge on any atom is -0.387 e. The van der Waals surface area contributed by atoms with Gasteiger partial charge in [0.05, 0.1) is 19.2 Å². The summed E-state index contributed by atoms with van der Waals surface area (Å²) < 4.78 is 39.7. The van der Waals surface area contributed by atoms with Crippen molar-refractivity contribution in [3.05, 3.63) is 66.2 Å². The van der Waals surface area contributed by atoms with Gasteiger partial charge in [0.25, 0.3) is 0 Å². The first-order valence-corrected chi connectivity index (χ1v) is 11.1. The zero-order chi connectivity index (χ0) is 22.3. The van der Waals surface area contributed by atoms with E-state index in [1.165, 1.54) is 10.6 Å². The summed E-state index contributed by atoms with van der Waals surface area (Å²) in [4.78, 5) is 23.3. The molecule has 0 spiro atoms. The molecule has 1 aliphatic rings. The van der Waals surface area contributed by atoms with Crippen LogP contribution in [0.5, 0.6) is 0 Å². The summed E-state index contributed by atoms with van der Waals surface area (Å²) >= 11 is 2.16. The first-order valence-electron chi connectivity index (χ1n) is 9.42. The monoisotopic (exact) mass is 468 g/mol. The molecule has 0 saturated carbocycles. The lowest BCUT2D eigenvalue weighted by Crippen LogP contribution is -2.40. The topological polar surface area (TPSA) is 71.2 Å². The average Bonchev–Trinajstić information content (AvgIpc) is 3.33. The van der Waals surface area contributed by atoms with Gasteiger partial charge in [-0.15, -0.1) is 22.7 Å². The number of aliphatic hydroxyl groups excluding tert-OH is 1. The third kappa shape index (κ3) is 4.58. The number of β-amino-alcohol motifs (C(OH)–C–C–N with tert-alkyl or cyclic N) is 1. The zero-order valence-electron chi connectivity index (χ0n) is 16.7. The van der Waals surface area contributed by atoms with Crippen LogP contribution < -0.4 is 10.6 Å². The number of rotatable bonds is 4. The van der Waals surface area contributed by atoms with Crippen molar-refractivity contribution in [3.63, 3.8) is 0 Å². The van der Waals surface area contributed by atoms with Crippen molar-refractivity contribution in [2.24, 2.45) is 0 Å². The molecule has 11 heteroatoms. The van der Waals surface area contributed by atoms with Crippen molar-refractivity contribution in [2.75, 3.05) is 18.0 Å². The fourth-order valence-corrected chi connectivity index (χ4v) is 5.20. The predicted octanol–water partition coefficient (Wildman–Crippen LogP) is 3.71. The molecule has 1 atom stereocenters. The van der Waals surface area contributed by atoms with E-state index in [0.29, 0.717) is 28.6 Å². The molecule has 31 heavy (non-hydrogen) atoms. The minimum absolute atomic E-state index is 0.0316. The van der Waals surface area contributed by atoms with E-state index in [1.54, 1.807) is 23.2 Å². The molecule has 0 aliphatic carbocycles. The molecule has 3 aromatic heterocycles. The Morgan fingerprint density at radius 3 is 2.61 bits per heavy atom. The Morgan fingerprint density at radius 2 is 2.03 bits per heavy atom. The number of hydrogen-bond donors (Lipinski definition) is 1. The second-order valence-corrected chi connectivity index (χ2v) is 9.35. The first-order chi connectivity index (χ1) is 14.6. The lowest BCUT2D eigenvalue weighted by molar-refractivity contribution is -0.134. The average molecular weight is 469 g/mol. The van der Waals surface area contributed by atoms with Crippen LogP contribution in [0.3, 0.4) is 0 Å². The molecule has 6 nitrogen and oxygen atoms in total. The fourth-order valence-electron chi connectivity index (χ4n) is 3.35. The second kappa shape index (κ2) is 8.21. The Balaban J connectivity index is 1.54. The maximum absolute atomic E-state index is 12.8. The summed E-state index contributed by atoms with van der Waals surface area (Å²) in [5, 5.41) is 12.6. The van der Waals surface area contributed by atoms with Gasteiger partial charge < -0.3 is 10.0 Å². The molecule has 164 valence electrons. The summed E-state index contributed by atoms with van der Waals surface area (Å²) in [7, 11) is 0. The molecule has 1 N–H and O–H groups in total. The highest BCUT2D eigenvalue weighted by atomic mass is 32.1. The van der Waals surface area contributed by atoms with Gasteiger partial charge in [-0.2, -0.15) is 23.1 Å². The Morgan fingerprint density at radius 1 is 1.26 bits per heavy atom. The molecule has 4 rings (SSSR count). The highest BCUT2D eigenvalue weighted by Crippen LogP contribution is 2.35. The number of aromatic nitrogens is 3. The molecule has 4 heterocycles. The minimum atomic E-state index is -4.41. The van der Waals surface area contributed by atoms with Crippen LogP contribution in [-0.4, -0.2) is 38.8 Å². The standard InChI is InChI=1S/C20H19F3N4O2S2/c1-11-7-16(30-10-11)14-5-6-26(9-15(14)28)18-24-12(2)27(19(29)25-18)8-13-3-4-17(31-13)20(21,22)23/h3-5,7,10,15,28H,6,8-9H2,1-2H3. The molecule has 0 amide bonds. The van der Waals surface area contributed by atoms with Gasteiger partial charge in [-0.1, -0.05) is 6.08 Å². The van der Waals surface area contributed by atoms with E-state index in [2.05, 4.69) is 9.97 Å². The number of aryl methyl sites for hydroxylation is 2. The maximum atomic E-state index is 12.8. The molecule has 0 bridgehead atoms. The second-order valence-electron chi connectivity index (χ2n) is 7.27. The molecule has 0 saturated heterocycles. The van der Waals surface area contributed by atoms with Crippen LogP contribution >= 0.6 is 22.7 Å². The summed E-state index contributed by atoms with van der Waals surface area (Å²) in [6.07, 6.45) is -3.26. The van der Waals surface area contributed by atoms with Gasteiger partial charge in [-0.3, -0.25) is 4.57 Å². The summed E-state index contributed by atoms with van der Waals surface area (Å²) in [6, 6.07) is 4.38. The van der Waals surface area contributed by atoms with Crippen LogP contribution in [0.2, 0.25) is 0 Å². The Kier molecular flexibility index (Phi) is 5.75. The van der Waals surface area contributed by atoms with Crippen LogP contribution in [-0.2, 0) is 12.7 Å². The summed E-state index contributed by atoms with van der Waals surface area (Å²) in [5.41, 5.74) is 1.38. The van der Waals surface area contributed by atoms with Crippen LogP contribution in [0.4, 0.5) is 19.1 Å². The van der Waals surface area contributed by atoms with E-state index in [1.807, 2.05) is 24.4 Å². The van der Waals surface area contributed by atoms with Crippen LogP contribution in [0.25, 0.3) is 5.57 Å². The molecule has 1 unspecified atom stereocenters. The number of hydrogen-bond acceptors (Lipinski definition) is 7. The van der Waals surface area contributed by atoms with E-state index in [-0.39, 0.29) is 19.0 Å². The van der Waals surface area contributed by atoms with Crippen molar-refractivity contribution in [1.82, 2.24) is 14.5 Å². The maximum Gasteiger partial charge on any atom is 0.425 e. The van der Waals surface area contributed by atoms with Crippen molar-refractivity contribution >= 4 is 34.2 Å². The molecular weight excluding hydrogens is 449 g/mol. The van der Waals surface area contributed by atoms with E-state index in [4.69, 9.17) is 0 Å². The van der Waals surface area contributed by atoms with Crippen molar-refractivity contribution in [1.29, 1.82) is 0 Å². The van der Waals surface area contributed by atoms with Crippen LogP contribution in [0.15, 0.2) is 34.4 Å². The lowest BCUT2D eigenvalue weighted by Gasteiger charge is -2.30. The van der Waals surface area contributed by atoms with Crippen molar-refractivity contribution < 1.29 is 18.3 Å². The normalized spacial score (nSPS) is 17.2. The SMILES string of the molecule is Cc1csc(C2=CCN(c3nc(C)n(Cc4ccc(C(F)(F)F)s4)c(=O)n3)CC2O)c1. The summed E-state index contributed by atoms with van der Waals surface area (Å²) in [5.74, 6) is 0.535. The smallest absolute Gasteiger partial charge is 0.387 e. The van der Waals surface area contributed by atoms with Gasteiger partial charge in [0, 0.05) is 16.3 Å². The van der Waals surface area contributed by atoms with Gasteiger partial charge >= 0.3 is 11.9 Å². The van der Waals surface area contributed by atoms with E-state index in [0.717, 1.165) is 22.1 Å². The Bertz CT molecular complexity index is 1200. The number of thiophene rings is 2. The number of alkyl halides is 3. The molecule has 0 fully saturated rings. The Hall–Kier alpha value is -2.50. The zero-order valence-corrected chi connectivity index (χ0v) is 18.3. The largest absolute Gasteiger partial charge is 0.425 e. The van der Waals surface area contributed by atoms with Crippen molar-refractivity contribution in [3.8, 4) is 0 Å². The third-order valence-electron chi connectivity index (χ3n) is 4.92. The van der Waals surface area contributed by atoms with Gasteiger partial charge in [0.1, 0.15) is 10.7 Å². The predicted molar refractivity (Wildman–Crippen MR) is 115 cm³/mol. The van der Waals surface area contributed by atoms with Crippen molar-refractivity contribution in [2.45, 2.75) is 32.7 Å². The molecular formula is C20H19F3N4O2S2. The van der Waals surface area contributed by atoms with Gasteiger partial charge in [-0.25, -0.2) is 4.79 Å². The molecule has 0 aromatic carbocycles. The van der Waals surface area contributed by atoms with Gasteiger partial charge in [0.15, 0.2) is 0 Å². The van der Waals surface area contributed by atoms with Gasteiger partial charge in [-0.05, 0) is 48.6 Å². The van der Waals surface area contributed by atoms with E-state index in [9.17, 15) is 23.1 Å². The van der Waals surface area contributed by atoms with Crippen LogP contribution in [0, 0.1) is 13.8 Å². The Labute approximate surface area is 183 Å². The highest BCUT2D eigenvalue weighted by Gasteiger charge is 2.32. The number of anilines is 1.